The molecule has 138 valence electrons. The fourth-order valence-corrected chi connectivity index (χ4v) is 2.28. The first-order chi connectivity index (χ1) is 12.3. The molecule has 8 nitrogen and oxygen atoms in total. The van der Waals surface area contributed by atoms with E-state index in [1.165, 1.54) is 26.4 Å². The molecule has 0 fully saturated rings. The van der Waals surface area contributed by atoms with E-state index in [9.17, 15) is 19.3 Å². The number of nitro benzene ring substituents is 1. The van der Waals surface area contributed by atoms with Crippen LogP contribution in [0.1, 0.15) is 0 Å². The lowest BCUT2D eigenvalue weighted by molar-refractivity contribution is -0.385. The molecule has 0 aliphatic heterocycles. The van der Waals surface area contributed by atoms with Crippen LogP contribution >= 0.6 is 11.6 Å². The number of hydrogen-bond donors (Lipinski definition) is 1. The van der Waals surface area contributed by atoms with Crippen LogP contribution in [0.2, 0.25) is 5.02 Å². The summed E-state index contributed by atoms with van der Waals surface area (Å²) in [5.74, 6) is -1.09. The Labute approximate surface area is 152 Å². The number of benzene rings is 2. The van der Waals surface area contributed by atoms with Crippen LogP contribution in [-0.4, -0.2) is 31.7 Å². The molecule has 2 aromatic rings. The fourth-order valence-electron chi connectivity index (χ4n) is 2.04. The molecule has 0 heterocycles. The van der Waals surface area contributed by atoms with Crippen molar-refractivity contribution in [3.05, 3.63) is 51.3 Å². The second kappa shape index (κ2) is 8.34. The number of nitrogens with one attached hydrogen (secondary N) is 1. The lowest BCUT2D eigenvalue weighted by Gasteiger charge is -2.13. The van der Waals surface area contributed by atoms with E-state index < -0.39 is 28.9 Å². The van der Waals surface area contributed by atoms with Crippen LogP contribution in [-0.2, 0) is 4.79 Å². The second-order valence-electron chi connectivity index (χ2n) is 4.89. The molecular formula is C16H14ClFN2O6. The zero-order valence-corrected chi connectivity index (χ0v) is 14.5. The molecule has 0 spiro atoms. The zero-order valence-electron chi connectivity index (χ0n) is 13.7. The summed E-state index contributed by atoms with van der Waals surface area (Å²) in [6, 6.07) is 5.61. The van der Waals surface area contributed by atoms with Crippen LogP contribution in [0.15, 0.2) is 30.3 Å². The summed E-state index contributed by atoms with van der Waals surface area (Å²) < 4.78 is 28.5. The van der Waals surface area contributed by atoms with E-state index in [0.717, 1.165) is 18.2 Å². The number of hydrogen-bond acceptors (Lipinski definition) is 6. The standard InChI is InChI=1S/C16H14ClFN2O6/c1-24-13-7-14(25-2)11(6-10(13)17)19-16(21)8-26-15-5-9(18)3-4-12(15)20(22)23/h3-7H,8H2,1-2H3,(H,19,21). The van der Waals surface area contributed by atoms with Gasteiger partial charge in [-0.05, 0) is 12.1 Å². The summed E-state index contributed by atoms with van der Waals surface area (Å²) in [6.45, 7) is -0.586. The minimum atomic E-state index is -0.737. The molecule has 0 aliphatic carbocycles. The highest BCUT2D eigenvalue weighted by atomic mass is 35.5. The first-order valence-corrected chi connectivity index (χ1v) is 7.51. The summed E-state index contributed by atoms with van der Waals surface area (Å²) in [6.07, 6.45) is 0. The van der Waals surface area contributed by atoms with Crippen molar-refractivity contribution < 1.29 is 28.3 Å². The van der Waals surface area contributed by atoms with Crippen LogP contribution in [0.25, 0.3) is 0 Å². The number of halogens is 2. The number of carbonyl (C=O) groups is 1. The zero-order chi connectivity index (χ0) is 19.3. The number of nitro groups is 1. The summed E-state index contributed by atoms with van der Waals surface area (Å²) in [7, 11) is 2.82. The molecule has 1 amide bonds. The van der Waals surface area contributed by atoms with Crippen molar-refractivity contribution in [1.29, 1.82) is 0 Å². The van der Waals surface area contributed by atoms with Gasteiger partial charge < -0.3 is 19.5 Å². The number of ether oxygens (including phenoxy) is 3. The Morgan fingerprint density at radius 1 is 1.19 bits per heavy atom. The van der Waals surface area contributed by atoms with Crippen molar-refractivity contribution in [1.82, 2.24) is 0 Å². The van der Waals surface area contributed by atoms with Gasteiger partial charge in [-0.15, -0.1) is 0 Å². The Balaban J connectivity index is 2.12. The third-order valence-corrected chi connectivity index (χ3v) is 3.52. The number of methoxy groups -OCH3 is 2. The molecule has 0 saturated carbocycles. The van der Waals surface area contributed by atoms with Gasteiger partial charge in [0, 0.05) is 18.2 Å². The Hall–Kier alpha value is -3.07. The monoisotopic (exact) mass is 384 g/mol. The third kappa shape index (κ3) is 4.51. The maximum Gasteiger partial charge on any atom is 0.311 e. The number of nitrogens with zero attached hydrogens (tertiary/aromatic N) is 1. The Bertz CT molecular complexity index is 846. The fraction of sp³-hybridized carbons (Fsp3) is 0.188. The van der Waals surface area contributed by atoms with Crippen molar-refractivity contribution in [2.75, 3.05) is 26.1 Å². The summed E-state index contributed by atoms with van der Waals surface area (Å²) in [5.41, 5.74) is -0.204. The first kappa shape index (κ1) is 19.3. The third-order valence-electron chi connectivity index (χ3n) is 3.23. The average molecular weight is 385 g/mol. The van der Waals surface area contributed by atoms with E-state index in [0.29, 0.717) is 5.75 Å². The number of rotatable bonds is 7. The van der Waals surface area contributed by atoms with Crippen LogP contribution in [0.4, 0.5) is 15.8 Å². The molecule has 2 aromatic carbocycles. The molecular weight excluding hydrogens is 371 g/mol. The van der Waals surface area contributed by atoms with Gasteiger partial charge in [0.2, 0.25) is 5.75 Å². The Kier molecular flexibility index (Phi) is 6.18. The van der Waals surface area contributed by atoms with Crippen LogP contribution < -0.4 is 19.5 Å². The molecule has 0 unspecified atom stereocenters. The highest BCUT2D eigenvalue weighted by Gasteiger charge is 2.18. The smallest absolute Gasteiger partial charge is 0.311 e. The summed E-state index contributed by atoms with van der Waals surface area (Å²) in [4.78, 5) is 22.2. The number of anilines is 1. The van der Waals surface area contributed by atoms with Gasteiger partial charge in [0.1, 0.15) is 17.3 Å². The summed E-state index contributed by atoms with van der Waals surface area (Å²) >= 11 is 6.01. The molecule has 0 radical (unpaired) electrons. The highest BCUT2D eigenvalue weighted by Crippen LogP contribution is 2.36. The molecule has 26 heavy (non-hydrogen) atoms. The van der Waals surface area contributed by atoms with Crippen LogP contribution in [0.3, 0.4) is 0 Å². The predicted octanol–water partition coefficient (Wildman–Crippen LogP) is 3.42. The normalized spacial score (nSPS) is 10.2. The highest BCUT2D eigenvalue weighted by molar-refractivity contribution is 6.32. The first-order valence-electron chi connectivity index (χ1n) is 7.13. The van der Waals surface area contributed by atoms with Gasteiger partial charge in [-0.3, -0.25) is 14.9 Å². The second-order valence-corrected chi connectivity index (χ2v) is 5.30. The Morgan fingerprint density at radius 2 is 1.88 bits per heavy atom. The van der Waals surface area contributed by atoms with Gasteiger partial charge in [-0.25, -0.2) is 4.39 Å². The van der Waals surface area contributed by atoms with E-state index in [2.05, 4.69) is 5.32 Å². The SMILES string of the molecule is COc1cc(OC)c(NC(=O)COc2cc(F)ccc2[N+](=O)[O-])cc1Cl. The quantitative estimate of drug-likeness (QED) is 0.580. The molecule has 0 aromatic heterocycles. The van der Waals surface area contributed by atoms with Gasteiger partial charge in [-0.1, -0.05) is 11.6 Å². The maximum atomic E-state index is 13.3. The van der Waals surface area contributed by atoms with Gasteiger partial charge in [0.15, 0.2) is 6.61 Å². The number of amides is 1. The van der Waals surface area contributed by atoms with Crippen molar-refractivity contribution in [3.63, 3.8) is 0 Å². The minimum absolute atomic E-state index is 0.241. The van der Waals surface area contributed by atoms with E-state index in [4.69, 9.17) is 25.8 Å². The topological polar surface area (TPSA) is 99.9 Å². The van der Waals surface area contributed by atoms with E-state index in [1.807, 2.05) is 0 Å². The molecule has 0 aliphatic rings. The average Bonchev–Trinajstić information content (AvgIpc) is 2.60. The molecule has 0 saturated heterocycles. The summed E-state index contributed by atoms with van der Waals surface area (Å²) in [5, 5.41) is 13.6. The van der Waals surface area contributed by atoms with Crippen LogP contribution in [0.5, 0.6) is 17.2 Å². The predicted molar refractivity (Wildman–Crippen MR) is 91.7 cm³/mol. The van der Waals surface area contributed by atoms with Crippen molar-refractivity contribution >= 4 is 28.9 Å². The Morgan fingerprint density at radius 3 is 2.50 bits per heavy atom. The molecule has 0 atom stereocenters. The van der Waals surface area contributed by atoms with Crippen molar-refractivity contribution in [2.24, 2.45) is 0 Å². The lowest BCUT2D eigenvalue weighted by Crippen LogP contribution is -2.21. The molecule has 2 rings (SSSR count). The lowest BCUT2D eigenvalue weighted by atomic mass is 10.2. The van der Waals surface area contributed by atoms with Gasteiger partial charge in [-0.2, -0.15) is 0 Å². The molecule has 0 bridgehead atoms. The largest absolute Gasteiger partial charge is 0.495 e. The van der Waals surface area contributed by atoms with Gasteiger partial charge in [0.05, 0.1) is 29.9 Å². The van der Waals surface area contributed by atoms with Crippen LogP contribution in [0, 0.1) is 15.9 Å². The molecule has 10 heteroatoms. The van der Waals surface area contributed by atoms with Crippen molar-refractivity contribution in [2.45, 2.75) is 0 Å². The number of carbonyl (C=O) groups excluding carboxylic acids is 1. The molecule has 1 N–H and O–H groups in total. The van der Waals surface area contributed by atoms with E-state index in [-0.39, 0.29) is 22.2 Å². The van der Waals surface area contributed by atoms with E-state index in [1.54, 1.807) is 0 Å². The van der Waals surface area contributed by atoms with Crippen molar-refractivity contribution in [3.8, 4) is 17.2 Å². The van der Waals surface area contributed by atoms with Gasteiger partial charge >= 0.3 is 5.69 Å². The van der Waals surface area contributed by atoms with Gasteiger partial charge in [0.25, 0.3) is 5.91 Å². The van der Waals surface area contributed by atoms with E-state index >= 15 is 0 Å². The maximum absolute atomic E-state index is 13.3. The minimum Gasteiger partial charge on any atom is -0.495 e.